The molecule has 0 fully saturated rings. The van der Waals surface area contributed by atoms with E-state index in [1.54, 1.807) is 0 Å². The molecule has 4 N–H and O–H groups in total. The smallest absolute Gasteiger partial charge is 0.336 e. The zero-order valence-electron chi connectivity index (χ0n) is 20.0. The maximum absolute atomic E-state index is 10.3. The standard InChI is InChI=1S/C19H22ClNS2.C6H8O7/c1-21(2)10-5-11-22-19-12-14-6-3-4-7-17(14)23-18-9-8-15(20)13-16(18)19;7-3(8)1-6(13,5(11)12)2-4(9)10/h3-4,6-9,13,19H,5,10-12H2,1-2H3;13H,1-2H2,(H,7,8)(H,9,10)(H,11,12). The van der Waals surface area contributed by atoms with Gasteiger partial charge in [0.1, 0.15) is 0 Å². The molecule has 0 spiro atoms. The highest BCUT2D eigenvalue weighted by molar-refractivity contribution is 8.00. The highest BCUT2D eigenvalue weighted by Crippen LogP contribution is 2.46. The fourth-order valence-corrected chi connectivity index (χ4v) is 6.16. The van der Waals surface area contributed by atoms with Gasteiger partial charge in [0, 0.05) is 20.1 Å². The van der Waals surface area contributed by atoms with Crippen molar-refractivity contribution in [1.29, 1.82) is 0 Å². The molecule has 11 heteroatoms. The van der Waals surface area contributed by atoms with Crippen molar-refractivity contribution in [3.05, 3.63) is 58.6 Å². The van der Waals surface area contributed by atoms with E-state index in [-0.39, 0.29) is 0 Å². The summed E-state index contributed by atoms with van der Waals surface area (Å²) in [7, 11) is 4.27. The van der Waals surface area contributed by atoms with Gasteiger partial charge in [0.25, 0.3) is 0 Å². The second-order valence-corrected chi connectivity index (χ2v) is 11.4. The second kappa shape index (κ2) is 13.9. The zero-order valence-corrected chi connectivity index (χ0v) is 22.4. The Morgan fingerprint density at radius 1 is 1.06 bits per heavy atom. The molecular weight excluding hydrogens is 526 g/mol. The topological polar surface area (TPSA) is 135 Å². The molecule has 196 valence electrons. The Morgan fingerprint density at radius 3 is 2.28 bits per heavy atom. The van der Waals surface area contributed by atoms with Gasteiger partial charge in [-0.15, -0.1) is 0 Å². The molecule has 0 aliphatic carbocycles. The van der Waals surface area contributed by atoms with Crippen molar-refractivity contribution in [3.63, 3.8) is 0 Å². The minimum absolute atomic E-state index is 0.488. The molecule has 0 bridgehead atoms. The molecule has 0 saturated heterocycles. The molecule has 2 aromatic rings. The van der Waals surface area contributed by atoms with Crippen LogP contribution in [0.25, 0.3) is 0 Å². The van der Waals surface area contributed by atoms with E-state index in [1.807, 2.05) is 17.8 Å². The van der Waals surface area contributed by atoms with E-state index >= 15 is 0 Å². The van der Waals surface area contributed by atoms with Gasteiger partial charge >= 0.3 is 17.9 Å². The van der Waals surface area contributed by atoms with Gasteiger partial charge in [-0.05, 0) is 74.6 Å². The highest BCUT2D eigenvalue weighted by Gasteiger charge is 2.40. The van der Waals surface area contributed by atoms with Crippen LogP contribution < -0.4 is 0 Å². The minimum Gasteiger partial charge on any atom is -0.481 e. The summed E-state index contributed by atoms with van der Waals surface area (Å²) in [4.78, 5) is 35.5. The number of halogens is 1. The van der Waals surface area contributed by atoms with Crippen LogP contribution in [0.1, 0.15) is 35.6 Å². The van der Waals surface area contributed by atoms with Gasteiger partial charge in [0.05, 0.1) is 12.8 Å². The number of hydrogen-bond donors (Lipinski definition) is 4. The number of hydrogen-bond acceptors (Lipinski definition) is 7. The molecule has 1 unspecified atom stereocenters. The molecule has 3 rings (SSSR count). The average molecular weight is 556 g/mol. The van der Waals surface area contributed by atoms with E-state index in [1.165, 1.54) is 33.1 Å². The third-order valence-electron chi connectivity index (χ3n) is 5.27. The minimum atomic E-state index is -2.74. The average Bonchev–Trinajstić information content (AvgIpc) is 2.92. The number of rotatable bonds is 10. The van der Waals surface area contributed by atoms with Gasteiger partial charge < -0.3 is 25.3 Å². The van der Waals surface area contributed by atoms with Gasteiger partial charge in [0.2, 0.25) is 0 Å². The molecule has 0 saturated carbocycles. The molecule has 1 aliphatic rings. The molecule has 1 heterocycles. The lowest BCUT2D eigenvalue weighted by Crippen LogP contribution is -2.42. The fourth-order valence-electron chi connectivity index (χ4n) is 3.53. The Bertz CT molecular complexity index is 1060. The molecular formula is C25H30ClNO7S2. The normalized spacial score (nSPS) is 14.6. The molecule has 36 heavy (non-hydrogen) atoms. The number of carbonyl (C=O) groups is 3. The summed E-state index contributed by atoms with van der Waals surface area (Å²) in [5.74, 6) is -3.84. The number of carboxylic acids is 3. The van der Waals surface area contributed by atoms with Gasteiger partial charge in [-0.1, -0.05) is 41.6 Å². The van der Waals surface area contributed by atoms with E-state index in [0.29, 0.717) is 5.25 Å². The summed E-state index contributed by atoms with van der Waals surface area (Å²) in [6.45, 7) is 1.15. The third-order valence-corrected chi connectivity index (χ3v) is 8.06. The van der Waals surface area contributed by atoms with Crippen molar-refractivity contribution in [2.24, 2.45) is 0 Å². The third kappa shape index (κ3) is 9.33. The summed E-state index contributed by atoms with van der Waals surface area (Å²) in [6.07, 6.45) is 0.0191. The van der Waals surface area contributed by atoms with E-state index in [2.05, 4.69) is 67.2 Å². The van der Waals surface area contributed by atoms with Crippen LogP contribution in [0.3, 0.4) is 0 Å². The van der Waals surface area contributed by atoms with Crippen LogP contribution in [0.5, 0.6) is 0 Å². The van der Waals surface area contributed by atoms with E-state index in [0.717, 1.165) is 18.0 Å². The predicted molar refractivity (Wildman–Crippen MR) is 141 cm³/mol. The Balaban J connectivity index is 0.000000302. The van der Waals surface area contributed by atoms with Crippen molar-refractivity contribution in [1.82, 2.24) is 4.90 Å². The summed E-state index contributed by atoms with van der Waals surface area (Å²) < 4.78 is 0. The zero-order chi connectivity index (χ0) is 26.9. The van der Waals surface area contributed by atoms with Crippen molar-refractivity contribution in [2.45, 2.75) is 46.3 Å². The number of carboxylic acid groups (broad SMARTS) is 3. The predicted octanol–water partition coefficient (Wildman–Crippen LogP) is 4.52. The van der Waals surface area contributed by atoms with E-state index < -0.39 is 36.4 Å². The molecule has 8 nitrogen and oxygen atoms in total. The van der Waals surface area contributed by atoms with Gasteiger partial charge in [-0.3, -0.25) is 9.59 Å². The Kier molecular flexibility index (Phi) is 11.6. The van der Waals surface area contributed by atoms with Crippen LogP contribution in [0, 0.1) is 0 Å². The number of fused-ring (bicyclic) bond motifs is 2. The molecule has 0 radical (unpaired) electrons. The monoisotopic (exact) mass is 555 g/mol. The van der Waals surface area contributed by atoms with Crippen LogP contribution in [0.15, 0.2) is 52.3 Å². The number of aliphatic carboxylic acids is 3. The lowest BCUT2D eigenvalue weighted by atomic mass is 9.96. The van der Waals surface area contributed by atoms with Crippen molar-refractivity contribution >= 4 is 53.0 Å². The van der Waals surface area contributed by atoms with Crippen LogP contribution in [0.4, 0.5) is 0 Å². The number of aliphatic hydroxyl groups is 1. The first-order valence-electron chi connectivity index (χ1n) is 11.1. The summed E-state index contributed by atoms with van der Waals surface area (Å²) in [5.41, 5.74) is 0.112. The molecule has 1 atom stereocenters. The van der Waals surface area contributed by atoms with E-state index in [9.17, 15) is 14.4 Å². The maximum atomic E-state index is 10.3. The van der Waals surface area contributed by atoms with Crippen LogP contribution in [-0.2, 0) is 20.8 Å². The first kappa shape index (κ1) is 30.0. The Labute approximate surface area is 223 Å². The highest BCUT2D eigenvalue weighted by atomic mass is 35.5. The Morgan fingerprint density at radius 2 is 1.69 bits per heavy atom. The molecule has 1 aliphatic heterocycles. The molecule has 0 amide bonds. The Hall–Kier alpha value is -2.24. The van der Waals surface area contributed by atoms with E-state index in [4.69, 9.17) is 32.0 Å². The molecule has 0 aromatic heterocycles. The molecule has 2 aromatic carbocycles. The maximum Gasteiger partial charge on any atom is 0.336 e. The van der Waals surface area contributed by atoms with Gasteiger partial charge in [-0.2, -0.15) is 11.8 Å². The van der Waals surface area contributed by atoms with Crippen molar-refractivity contribution < 1.29 is 34.8 Å². The lowest BCUT2D eigenvalue weighted by molar-refractivity contribution is -0.170. The van der Waals surface area contributed by atoms with Crippen LogP contribution >= 0.6 is 35.1 Å². The number of thioether (sulfide) groups is 1. The summed E-state index contributed by atoms with van der Waals surface area (Å²) in [6, 6.07) is 15.1. The first-order valence-corrected chi connectivity index (χ1v) is 13.4. The largest absolute Gasteiger partial charge is 0.481 e. The SMILES string of the molecule is CN(C)CCCSC1Cc2ccccc2Sc2ccc(Cl)cc21.O=C(O)CC(O)(CC(=O)O)C(=O)O. The van der Waals surface area contributed by atoms with Crippen molar-refractivity contribution in [3.8, 4) is 0 Å². The van der Waals surface area contributed by atoms with Crippen molar-refractivity contribution in [2.75, 3.05) is 26.4 Å². The lowest BCUT2D eigenvalue weighted by Gasteiger charge is -2.18. The van der Waals surface area contributed by atoms with Crippen LogP contribution in [-0.4, -0.2) is 75.2 Å². The first-order chi connectivity index (χ1) is 16.9. The number of benzene rings is 2. The fraction of sp³-hybridized carbons (Fsp3) is 0.400. The summed E-state index contributed by atoms with van der Waals surface area (Å²) in [5, 5.41) is 35.1. The number of nitrogens with zero attached hydrogens (tertiary/aromatic N) is 1. The second-order valence-electron chi connectivity index (χ2n) is 8.59. The van der Waals surface area contributed by atoms with Crippen LogP contribution in [0.2, 0.25) is 5.02 Å². The quantitative estimate of drug-likeness (QED) is 0.310. The summed E-state index contributed by atoms with van der Waals surface area (Å²) >= 11 is 10.2. The van der Waals surface area contributed by atoms with Gasteiger partial charge in [-0.25, -0.2) is 4.79 Å². The van der Waals surface area contributed by atoms with Gasteiger partial charge in [0.15, 0.2) is 5.60 Å².